The van der Waals surface area contributed by atoms with Gasteiger partial charge in [-0.05, 0) is 49.1 Å². The van der Waals surface area contributed by atoms with Crippen molar-refractivity contribution in [3.8, 4) is 5.75 Å². The van der Waals surface area contributed by atoms with Crippen LogP contribution in [-0.2, 0) is 6.61 Å². The summed E-state index contributed by atoms with van der Waals surface area (Å²) in [5.74, 6) is 0.643. The molecular weight excluding hydrogens is 378 g/mol. The summed E-state index contributed by atoms with van der Waals surface area (Å²) < 4.78 is 10.8. The lowest BCUT2D eigenvalue weighted by atomic mass is 10.2. The van der Waals surface area contributed by atoms with Crippen LogP contribution in [0.1, 0.15) is 46.2 Å². The first-order valence-electron chi connectivity index (χ1n) is 8.89. The fourth-order valence-corrected chi connectivity index (χ4v) is 2.90. The molecule has 1 aromatic carbocycles. The number of benzene rings is 1. The molecule has 1 atom stereocenters. The van der Waals surface area contributed by atoms with Crippen molar-refractivity contribution < 1.29 is 18.8 Å². The average molecular weight is 399 g/mol. The van der Waals surface area contributed by atoms with Gasteiger partial charge in [0.1, 0.15) is 12.4 Å². The minimum atomic E-state index is -0.268. The summed E-state index contributed by atoms with van der Waals surface area (Å²) in [6.07, 6.45) is 0.837. The Hall–Kier alpha value is -3.13. The lowest BCUT2D eigenvalue weighted by Gasteiger charge is -2.08. The highest BCUT2D eigenvalue weighted by Crippen LogP contribution is 2.19. The fraction of sp³-hybridized carbons (Fsp3) is 0.250. The topological polar surface area (TPSA) is 93.5 Å². The van der Waals surface area contributed by atoms with Crippen molar-refractivity contribution in [2.45, 2.75) is 32.9 Å². The van der Waals surface area contributed by atoms with Gasteiger partial charge in [-0.15, -0.1) is 11.3 Å². The van der Waals surface area contributed by atoms with Gasteiger partial charge >= 0.3 is 0 Å². The second kappa shape index (κ2) is 9.18. The third kappa shape index (κ3) is 5.20. The monoisotopic (exact) mass is 399 g/mol. The Morgan fingerprint density at radius 2 is 2.00 bits per heavy atom. The summed E-state index contributed by atoms with van der Waals surface area (Å²) in [5.41, 5.74) is 0.903. The molecule has 2 aromatic heterocycles. The molecule has 3 aromatic rings. The number of rotatable bonds is 8. The van der Waals surface area contributed by atoms with Crippen molar-refractivity contribution in [1.82, 2.24) is 10.5 Å². The molecule has 0 aliphatic carbocycles. The van der Waals surface area contributed by atoms with Crippen LogP contribution in [0.25, 0.3) is 0 Å². The predicted molar refractivity (Wildman–Crippen MR) is 107 cm³/mol. The highest BCUT2D eigenvalue weighted by atomic mass is 32.1. The fourth-order valence-electron chi connectivity index (χ4n) is 2.28. The van der Waals surface area contributed by atoms with Crippen molar-refractivity contribution in [1.29, 1.82) is 0 Å². The SMILES string of the molecule is CCC(C)NC(=O)c1cc(COc2ccc(NC(=O)c3cccs3)cc2)on1. The Bertz CT molecular complexity index is 919. The number of amides is 2. The van der Waals surface area contributed by atoms with Crippen LogP contribution in [-0.4, -0.2) is 23.0 Å². The van der Waals surface area contributed by atoms with E-state index in [-0.39, 0.29) is 30.2 Å². The number of nitrogens with zero attached hydrogens (tertiary/aromatic N) is 1. The number of carbonyl (C=O) groups excluding carboxylic acids is 2. The average Bonchev–Trinajstić information content (AvgIpc) is 3.39. The molecule has 0 radical (unpaired) electrons. The molecule has 0 fully saturated rings. The van der Waals surface area contributed by atoms with Crippen LogP contribution in [0.15, 0.2) is 52.4 Å². The van der Waals surface area contributed by atoms with E-state index in [0.717, 1.165) is 6.42 Å². The predicted octanol–water partition coefficient (Wildman–Crippen LogP) is 4.10. The summed E-state index contributed by atoms with van der Waals surface area (Å²) in [6, 6.07) is 12.2. The van der Waals surface area contributed by atoms with Gasteiger partial charge in [0.2, 0.25) is 0 Å². The maximum atomic E-state index is 12.0. The summed E-state index contributed by atoms with van der Waals surface area (Å²) in [7, 11) is 0. The molecule has 0 bridgehead atoms. The Labute approximate surface area is 166 Å². The van der Waals surface area contributed by atoms with E-state index in [1.165, 1.54) is 11.3 Å². The number of hydrogen-bond donors (Lipinski definition) is 2. The largest absolute Gasteiger partial charge is 0.486 e. The van der Waals surface area contributed by atoms with Gasteiger partial charge in [0.25, 0.3) is 11.8 Å². The molecule has 28 heavy (non-hydrogen) atoms. The number of carbonyl (C=O) groups is 2. The Kier molecular flexibility index (Phi) is 6.44. The van der Waals surface area contributed by atoms with E-state index in [2.05, 4.69) is 15.8 Å². The summed E-state index contributed by atoms with van der Waals surface area (Å²) in [5, 5.41) is 11.3. The van der Waals surface area contributed by atoms with Gasteiger partial charge in [0.15, 0.2) is 11.5 Å². The number of thiophene rings is 1. The zero-order valence-electron chi connectivity index (χ0n) is 15.6. The molecule has 2 heterocycles. The van der Waals surface area contributed by atoms with E-state index in [1.807, 2.05) is 25.3 Å². The first kappa shape index (κ1) is 19.6. The third-order valence-electron chi connectivity index (χ3n) is 4.02. The van der Waals surface area contributed by atoms with Crippen molar-refractivity contribution in [2.24, 2.45) is 0 Å². The minimum absolute atomic E-state index is 0.0720. The van der Waals surface area contributed by atoms with Crippen LogP contribution in [0.3, 0.4) is 0 Å². The Balaban J connectivity index is 1.51. The van der Waals surface area contributed by atoms with Gasteiger partial charge in [-0.1, -0.05) is 18.1 Å². The van der Waals surface area contributed by atoms with E-state index < -0.39 is 0 Å². The van der Waals surface area contributed by atoms with Gasteiger partial charge < -0.3 is 19.9 Å². The molecule has 7 nitrogen and oxygen atoms in total. The molecule has 2 amide bonds. The summed E-state index contributed by atoms with van der Waals surface area (Å²) in [6.45, 7) is 4.06. The lowest BCUT2D eigenvalue weighted by molar-refractivity contribution is 0.0929. The number of hydrogen-bond acceptors (Lipinski definition) is 6. The van der Waals surface area contributed by atoms with Crippen LogP contribution in [0.2, 0.25) is 0 Å². The molecular formula is C20H21N3O4S. The van der Waals surface area contributed by atoms with Gasteiger partial charge in [-0.3, -0.25) is 9.59 Å². The molecule has 0 saturated carbocycles. The van der Waals surface area contributed by atoms with E-state index >= 15 is 0 Å². The first-order chi connectivity index (χ1) is 13.5. The Morgan fingerprint density at radius 3 is 2.68 bits per heavy atom. The second-order valence-electron chi connectivity index (χ2n) is 6.21. The number of ether oxygens (including phenoxy) is 1. The molecule has 3 rings (SSSR count). The normalized spacial score (nSPS) is 11.6. The molecule has 8 heteroatoms. The van der Waals surface area contributed by atoms with Crippen LogP contribution in [0.4, 0.5) is 5.69 Å². The quantitative estimate of drug-likeness (QED) is 0.595. The molecule has 146 valence electrons. The van der Waals surface area contributed by atoms with Crippen LogP contribution >= 0.6 is 11.3 Å². The maximum Gasteiger partial charge on any atom is 0.273 e. The first-order valence-corrected chi connectivity index (χ1v) is 9.77. The van der Waals surface area contributed by atoms with E-state index in [4.69, 9.17) is 9.26 Å². The zero-order valence-corrected chi connectivity index (χ0v) is 16.4. The summed E-state index contributed by atoms with van der Waals surface area (Å²) >= 11 is 1.39. The van der Waals surface area contributed by atoms with E-state index in [1.54, 1.807) is 36.4 Å². The molecule has 0 saturated heterocycles. The molecule has 0 aliphatic heterocycles. The zero-order chi connectivity index (χ0) is 19.9. The standard InChI is InChI=1S/C20H21N3O4S/c1-3-13(2)21-19(24)17-11-16(27-23-17)12-26-15-8-6-14(7-9-15)22-20(25)18-5-4-10-28-18/h4-11,13H,3,12H2,1-2H3,(H,21,24)(H,22,25). The molecule has 2 N–H and O–H groups in total. The van der Waals surface area contributed by atoms with E-state index in [0.29, 0.717) is 22.1 Å². The molecule has 1 unspecified atom stereocenters. The highest BCUT2D eigenvalue weighted by Gasteiger charge is 2.14. The molecule has 0 spiro atoms. The van der Waals surface area contributed by atoms with Crippen molar-refractivity contribution in [2.75, 3.05) is 5.32 Å². The van der Waals surface area contributed by atoms with Crippen molar-refractivity contribution >= 4 is 28.8 Å². The van der Waals surface area contributed by atoms with Gasteiger partial charge in [0.05, 0.1) is 4.88 Å². The van der Waals surface area contributed by atoms with Crippen LogP contribution < -0.4 is 15.4 Å². The van der Waals surface area contributed by atoms with Gasteiger partial charge in [-0.25, -0.2) is 0 Å². The Morgan fingerprint density at radius 1 is 1.21 bits per heavy atom. The highest BCUT2D eigenvalue weighted by molar-refractivity contribution is 7.12. The van der Waals surface area contributed by atoms with Crippen molar-refractivity contribution in [3.05, 3.63) is 64.2 Å². The van der Waals surface area contributed by atoms with Gasteiger partial charge in [0, 0.05) is 17.8 Å². The van der Waals surface area contributed by atoms with E-state index in [9.17, 15) is 9.59 Å². The van der Waals surface area contributed by atoms with Crippen molar-refractivity contribution in [3.63, 3.8) is 0 Å². The molecule has 0 aliphatic rings. The maximum absolute atomic E-state index is 12.0. The summed E-state index contributed by atoms with van der Waals surface area (Å²) in [4.78, 5) is 24.7. The number of anilines is 1. The number of aromatic nitrogens is 1. The van der Waals surface area contributed by atoms with Crippen LogP contribution in [0, 0.1) is 0 Å². The smallest absolute Gasteiger partial charge is 0.273 e. The third-order valence-corrected chi connectivity index (χ3v) is 4.89. The minimum Gasteiger partial charge on any atom is -0.486 e. The van der Waals surface area contributed by atoms with Gasteiger partial charge in [-0.2, -0.15) is 0 Å². The van der Waals surface area contributed by atoms with Crippen LogP contribution in [0.5, 0.6) is 5.75 Å². The second-order valence-corrected chi connectivity index (χ2v) is 7.15. The number of nitrogens with one attached hydrogen (secondary N) is 2. The lowest BCUT2D eigenvalue weighted by Crippen LogP contribution is -2.32.